The van der Waals surface area contributed by atoms with E-state index in [0.717, 1.165) is 42.4 Å². The highest BCUT2D eigenvalue weighted by molar-refractivity contribution is 5.86. The van der Waals surface area contributed by atoms with E-state index in [9.17, 15) is 10.2 Å². The predicted molar refractivity (Wildman–Crippen MR) is 142 cm³/mol. The molecule has 0 amide bonds. The number of aromatic nitrogens is 4. The Labute approximate surface area is 210 Å². The summed E-state index contributed by atoms with van der Waals surface area (Å²) in [6.45, 7) is 4.51. The van der Waals surface area contributed by atoms with Crippen molar-refractivity contribution >= 4 is 33.6 Å². The molecule has 1 aliphatic heterocycles. The van der Waals surface area contributed by atoms with Crippen LogP contribution >= 0.6 is 0 Å². The van der Waals surface area contributed by atoms with Gasteiger partial charge in [-0.05, 0) is 73.3 Å². The summed E-state index contributed by atoms with van der Waals surface area (Å²) < 4.78 is 1.93. The lowest BCUT2D eigenvalue weighted by Crippen LogP contribution is -2.30. The van der Waals surface area contributed by atoms with E-state index >= 15 is 0 Å². The fourth-order valence-electron chi connectivity index (χ4n) is 6.06. The topological polar surface area (TPSA) is 122 Å². The molecule has 1 fully saturated rings. The highest BCUT2D eigenvalue weighted by atomic mass is 16.3. The van der Waals surface area contributed by atoms with Gasteiger partial charge >= 0.3 is 0 Å². The van der Waals surface area contributed by atoms with Crippen LogP contribution in [-0.2, 0) is 12.8 Å². The van der Waals surface area contributed by atoms with Crippen LogP contribution in [0, 0.1) is 11.8 Å². The maximum atomic E-state index is 10.9. The Balaban J connectivity index is 1.18. The van der Waals surface area contributed by atoms with Crippen molar-refractivity contribution < 1.29 is 10.2 Å². The summed E-state index contributed by atoms with van der Waals surface area (Å²) >= 11 is 0. The molecule has 36 heavy (non-hydrogen) atoms. The van der Waals surface area contributed by atoms with Crippen LogP contribution in [-0.4, -0.2) is 48.0 Å². The van der Waals surface area contributed by atoms with E-state index in [0.29, 0.717) is 29.8 Å². The van der Waals surface area contributed by atoms with Crippen molar-refractivity contribution in [3.05, 3.63) is 54.0 Å². The van der Waals surface area contributed by atoms with Crippen LogP contribution in [0.25, 0.3) is 21.9 Å². The number of aliphatic hydroxyl groups is 2. The second-order valence-corrected chi connectivity index (χ2v) is 10.9. The number of nitrogen functional groups attached to an aromatic ring is 1. The molecule has 188 valence electrons. The van der Waals surface area contributed by atoms with Crippen LogP contribution in [0.4, 0.5) is 11.6 Å². The van der Waals surface area contributed by atoms with Crippen LogP contribution < -0.4 is 11.1 Å². The third kappa shape index (κ3) is 3.98. The number of fused-ring (bicyclic) bond motifs is 3. The quantitative estimate of drug-likeness (QED) is 0.338. The number of nitrogens with zero attached hydrogens (tertiary/aromatic N) is 4. The SMILES string of the molecule is CC(C)[C@@H]1CCc2cc3ccc(CC[C@H]4C[C@@H](n5ccc6c(N)ncnc65)[C@H](O)[C@@H]4O)cc3nc2N1. The first-order chi connectivity index (χ1) is 17.4. The Hall–Kier alpha value is -3.23. The molecule has 3 aromatic heterocycles. The molecule has 1 aromatic carbocycles. The van der Waals surface area contributed by atoms with Gasteiger partial charge in [0.1, 0.15) is 29.7 Å². The zero-order valence-electron chi connectivity index (χ0n) is 20.8. The van der Waals surface area contributed by atoms with E-state index < -0.39 is 12.2 Å². The summed E-state index contributed by atoms with van der Waals surface area (Å²) in [4.78, 5) is 13.4. The summed E-state index contributed by atoms with van der Waals surface area (Å²) in [5, 5.41) is 27.3. The number of benzene rings is 1. The van der Waals surface area contributed by atoms with E-state index in [4.69, 9.17) is 10.7 Å². The highest BCUT2D eigenvalue weighted by Crippen LogP contribution is 2.40. The third-order valence-corrected chi connectivity index (χ3v) is 8.29. The van der Waals surface area contributed by atoms with E-state index in [2.05, 4.69) is 53.4 Å². The molecular weight excluding hydrogens is 452 g/mol. The van der Waals surface area contributed by atoms with Crippen molar-refractivity contribution in [1.29, 1.82) is 0 Å². The third-order valence-electron chi connectivity index (χ3n) is 8.29. The lowest BCUT2D eigenvalue weighted by molar-refractivity contribution is 0.00545. The van der Waals surface area contributed by atoms with Crippen molar-refractivity contribution in [3.8, 4) is 0 Å². The molecule has 0 unspecified atom stereocenters. The molecule has 0 saturated heterocycles. The van der Waals surface area contributed by atoms with Crippen molar-refractivity contribution in [1.82, 2.24) is 19.5 Å². The smallest absolute Gasteiger partial charge is 0.145 e. The number of anilines is 2. The lowest BCUT2D eigenvalue weighted by atomic mass is 9.92. The van der Waals surface area contributed by atoms with Crippen molar-refractivity contribution in [2.24, 2.45) is 11.8 Å². The Morgan fingerprint density at radius 3 is 2.83 bits per heavy atom. The standard InChI is InChI=1S/C28H34N6O2/c1-15(2)21-8-7-19-12-17-5-3-16(11-22(17)33-27(19)32-21)4-6-18-13-23(25(36)24(18)35)34-10-9-20-26(29)30-14-31-28(20)34/h3,5,9-12,14-15,18,21,23-25,35-36H,4,6-8,13H2,1-2H3,(H,32,33)(H2,29,30,31)/t18-,21-,23+,24+,25-/m0/s1. The first kappa shape index (κ1) is 23.2. The molecule has 6 rings (SSSR count). The Morgan fingerprint density at radius 2 is 2.00 bits per heavy atom. The second kappa shape index (κ2) is 9.01. The number of aliphatic hydroxyl groups excluding tert-OH is 2. The molecule has 0 spiro atoms. The summed E-state index contributed by atoms with van der Waals surface area (Å²) in [6.07, 6.45) is 6.17. The molecule has 5 N–H and O–H groups in total. The number of rotatable bonds is 5. The highest BCUT2D eigenvalue weighted by Gasteiger charge is 2.42. The van der Waals surface area contributed by atoms with Gasteiger partial charge in [-0.25, -0.2) is 15.0 Å². The monoisotopic (exact) mass is 486 g/mol. The zero-order valence-corrected chi connectivity index (χ0v) is 20.8. The number of aryl methyl sites for hydroxylation is 2. The van der Waals surface area contributed by atoms with Gasteiger partial charge in [-0.15, -0.1) is 0 Å². The number of pyridine rings is 1. The molecule has 8 heteroatoms. The van der Waals surface area contributed by atoms with Crippen LogP contribution in [0.3, 0.4) is 0 Å². The number of nitrogens with two attached hydrogens (primary N) is 1. The Morgan fingerprint density at radius 1 is 1.14 bits per heavy atom. The van der Waals surface area contributed by atoms with Gasteiger partial charge in [0.25, 0.3) is 0 Å². The van der Waals surface area contributed by atoms with Crippen molar-refractivity contribution in [2.75, 3.05) is 11.1 Å². The molecule has 8 nitrogen and oxygen atoms in total. The number of hydrogen-bond acceptors (Lipinski definition) is 7. The minimum absolute atomic E-state index is 0.0118. The van der Waals surface area contributed by atoms with E-state index in [1.54, 1.807) is 0 Å². The van der Waals surface area contributed by atoms with Crippen LogP contribution in [0.1, 0.15) is 50.3 Å². The first-order valence-electron chi connectivity index (χ1n) is 13.0. The Kier molecular flexibility index (Phi) is 5.80. The van der Waals surface area contributed by atoms with E-state index in [-0.39, 0.29) is 12.0 Å². The molecule has 0 bridgehead atoms. The molecule has 2 aliphatic rings. The molecule has 1 saturated carbocycles. The first-order valence-corrected chi connectivity index (χ1v) is 13.0. The van der Waals surface area contributed by atoms with Gasteiger partial charge in [-0.2, -0.15) is 0 Å². The van der Waals surface area contributed by atoms with Gasteiger partial charge in [0.05, 0.1) is 23.0 Å². The fourth-order valence-corrected chi connectivity index (χ4v) is 6.06. The summed E-state index contributed by atoms with van der Waals surface area (Å²) in [5.41, 5.74) is 10.2. The Bertz CT molecular complexity index is 1420. The van der Waals surface area contributed by atoms with Gasteiger partial charge < -0.3 is 25.8 Å². The second-order valence-electron chi connectivity index (χ2n) is 10.9. The van der Waals surface area contributed by atoms with Crippen molar-refractivity contribution in [2.45, 2.75) is 70.2 Å². The molecular formula is C28H34N6O2. The van der Waals surface area contributed by atoms with Gasteiger partial charge in [0.15, 0.2) is 0 Å². The predicted octanol–water partition coefficient (Wildman–Crippen LogP) is 3.86. The number of hydrogen-bond donors (Lipinski definition) is 4. The molecule has 5 atom stereocenters. The van der Waals surface area contributed by atoms with Crippen molar-refractivity contribution in [3.63, 3.8) is 0 Å². The van der Waals surface area contributed by atoms with Gasteiger partial charge in [0.2, 0.25) is 0 Å². The van der Waals surface area contributed by atoms with Crippen LogP contribution in [0.5, 0.6) is 0 Å². The lowest BCUT2D eigenvalue weighted by Gasteiger charge is -2.29. The average Bonchev–Trinajstić information content (AvgIpc) is 3.42. The molecule has 4 aromatic rings. The van der Waals surface area contributed by atoms with Crippen LogP contribution in [0.2, 0.25) is 0 Å². The minimum Gasteiger partial charge on any atom is -0.390 e. The summed E-state index contributed by atoms with van der Waals surface area (Å²) in [7, 11) is 0. The minimum atomic E-state index is -0.855. The fraction of sp³-hybridized carbons (Fsp3) is 0.464. The summed E-state index contributed by atoms with van der Waals surface area (Å²) in [6, 6.07) is 10.9. The maximum Gasteiger partial charge on any atom is 0.145 e. The van der Waals surface area contributed by atoms with Gasteiger partial charge in [-0.1, -0.05) is 26.0 Å². The molecule has 0 radical (unpaired) electrons. The maximum absolute atomic E-state index is 10.9. The van der Waals surface area contributed by atoms with E-state index in [1.165, 1.54) is 22.8 Å². The van der Waals surface area contributed by atoms with Crippen LogP contribution in [0.15, 0.2) is 42.9 Å². The van der Waals surface area contributed by atoms with E-state index in [1.807, 2.05) is 16.8 Å². The largest absolute Gasteiger partial charge is 0.390 e. The average molecular weight is 487 g/mol. The normalized spacial score (nSPS) is 26.0. The molecule has 4 heterocycles. The molecule has 1 aliphatic carbocycles. The summed E-state index contributed by atoms with van der Waals surface area (Å²) in [5.74, 6) is 2.00. The zero-order chi connectivity index (χ0) is 25.0. The van der Waals surface area contributed by atoms with Gasteiger partial charge in [0, 0.05) is 17.6 Å². The van der Waals surface area contributed by atoms with Gasteiger partial charge in [-0.3, -0.25) is 0 Å². The number of nitrogens with one attached hydrogen (secondary N) is 1.